The number of nitrogens with zero attached hydrogens (tertiary/aromatic N) is 1. The van der Waals surface area contributed by atoms with E-state index in [0.29, 0.717) is 0 Å². The fourth-order valence-electron chi connectivity index (χ4n) is 3.76. The first-order valence-corrected chi connectivity index (χ1v) is 13.3. The van der Waals surface area contributed by atoms with Crippen LogP contribution in [0.2, 0.25) is 0 Å². The number of hydrogen-bond donors (Lipinski definition) is 9. The van der Waals surface area contributed by atoms with Gasteiger partial charge >= 0.3 is 80.2 Å². The van der Waals surface area contributed by atoms with Crippen molar-refractivity contribution in [3.8, 4) is 0 Å². The van der Waals surface area contributed by atoms with Gasteiger partial charge in [0.25, 0.3) is 5.56 Å². The first kappa shape index (κ1) is 36.7. The van der Waals surface area contributed by atoms with Crippen LogP contribution in [0.4, 0.5) is 0 Å². The van der Waals surface area contributed by atoms with E-state index in [2.05, 4.69) is 4.31 Å². The maximum Gasteiger partial charge on any atom is 1.00 e. The van der Waals surface area contributed by atoms with Crippen LogP contribution in [-0.4, -0.2) is 105 Å². The topological polar surface area (TPSA) is 288 Å². The van der Waals surface area contributed by atoms with E-state index in [9.17, 15) is 59.1 Å². The molecule has 9 atom stereocenters. The number of aromatic amines is 1. The van der Waals surface area contributed by atoms with Gasteiger partial charge in [-0.1, -0.05) is 0 Å². The maximum absolute atomic E-state index is 13.6. The summed E-state index contributed by atoms with van der Waals surface area (Å²) in [6, 6.07) is 0. The molecule has 0 radical (unpaired) electrons. The van der Waals surface area contributed by atoms with Crippen LogP contribution < -0.4 is 70.4 Å². The number of aliphatic hydroxyl groups is 6. The number of H-pyrrole nitrogens is 1. The zero-order valence-corrected chi connectivity index (χ0v) is 26.2. The Bertz CT molecular complexity index is 1190. The number of aryl methyl sites for hydroxylation is 1. The molecule has 1 aromatic rings. The normalized spacial score (nSPS) is 35.1. The van der Waals surface area contributed by atoms with Crippen molar-refractivity contribution in [1.29, 1.82) is 0 Å². The van der Waals surface area contributed by atoms with Gasteiger partial charge in [0.1, 0.15) is 30.6 Å². The Balaban J connectivity index is 0. The van der Waals surface area contributed by atoms with E-state index in [1.807, 2.05) is 4.98 Å². The smallest absolute Gasteiger partial charge is 1.00 e. The van der Waals surface area contributed by atoms with Gasteiger partial charge in [0.05, 0.1) is 19.3 Å². The van der Waals surface area contributed by atoms with Crippen molar-refractivity contribution in [2.24, 2.45) is 0 Å². The molecule has 22 heteroatoms. The summed E-state index contributed by atoms with van der Waals surface area (Å²) in [5.74, 6) is 0. The molecule has 18 nitrogen and oxygen atoms in total. The van der Waals surface area contributed by atoms with Gasteiger partial charge in [-0.2, -0.15) is 0 Å². The Morgan fingerprint density at radius 3 is 2.32 bits per heavy atom. The number of rotatable bonds is 8. The summed E-state index contributed by atoms with van der Waals surface area (Å²) in [6.07, 6.45) is -12.6. The van der Waals surface area contributed by atoms with Crippen LogP contribution in [0.5, 0.6) is 0 Å². The Kier molecular flexibility index (Phi) is 13.3. The van der Waals surface area contributed by atoms with Gasteiger partial charge in [-0.25, -0.2) is 13.7 Å². The van der Waals surface area contributed by atoms with Gasteiger partial charge < -0.3 is 57.3 Å². The van der Waals surface area contributed by atoms with Gasteiger partial charge in [0.15, 0.2) is 6.29 Å². The summed E-state index contributed by atoms with van der Waals surface area (Å²) < 4.78 is 45.6. The molecule has 2 fully saturated rings. The average molecular weight is 612 g/mol. The molecule has 3 heterocycles. The molecule has 1 aromatic heterocycles. The van der Waals surface area contributed by atoms with Crippen molar-refractivity contribution in [2.75, 3.05) is 13.2 Å². The third kappa shape index (κ3) is 7.35. The minimum Gasteiger partial charge on any atom is -1.00 e. The second kappa shape index (κ2) is 13.8. The molecule has 0 aromatic carbocycles. The number of hydrogen-bond acceptors (Lipinski definition) is 14. The van der Waals surface area contributed by atoms with Crippen molar-refractivity contribution < 1.29 is 130 Å². The van der Waals surface area contributed by atoms with Gasteiger partial charge in [0, 0.05) is 18.2 Å². The van der Waals surface area contributed by atoms with Crippen molar-refractivity contribution >= 4 is 15.4 Å². The third-order valence-corrected chi connectivity index (χ3v) is 9.36. The van der Waals surface area contributed by atoms with E-state index in [4.69, 9.17) is 14.0 Å². The van der Waals surface area contributed by atoms with E-state index < -0.39 is 88.3 Å². The Labute approximate surface area is 260 Å². The Morgan fingerprint density at radius 2 is 1.76 bits per heavy atom. The van der Waals surface area contributed by atoms with Crippen LogP contribution in [0.15, 0.2) is 15.8 Å². The van der Waals surface area contributed by atoms with Gasteiger partial charge in [0.2, 0.25) is 5.34 Å². The van der Waals surface area contributed by atoms with Crippen molar-refractivity contribution in [3.05, 3.63) is 32.6 Å². The summed E-state index contributed by atoms with van der Waals surface area (Å²) in [4.78, 5) is 44.3. The number of aliphatic hydroxyl groups excluding tert-OH is 6. The fraction of sp³-hybridized carbons (Fsp3) is 0.750. The summed E-state index contributed by atoms with van der Waals surface area (Å²) in [5, 5.41) is 56.9. The van der Waals surface area contributed by atoms with E-state index in [-0.39, 0.29) is 74.0 Å². The molecule has 2 aliphatic rings. The molecule has 1 unspecified atom stereocenters. The van der Waals surface area contributed by atoms with Gasteiger partial charge in [-0.15, -0.1) is 0 Å². The van der Waals surface area contributed by atoms with Crippen LogP contribution in [0, 0.1) is 6.92 Å². The van der Waals surface area contributed by atoms with E-state index >= 15 is 0 Å². The van der Waals surface area contributed by atoms with E-state index in [1.54, 1.807) is 0 Å². The standard InChI is InChI=1S/C16H26N2O16P2.2Na.2H/c1-6-3-18(15(26)17-13(6)24)9-2-7(20)8(32-9)4-31-35(27,34-36(28,29)30)16(5-19)12(23)10(21)11(22)14(25)33-16;;;;/h3,7-12,14,19-23,25H,2,4-5H2,1H3,(H,17,24,26)(H2,28,29,30);;;;/q;2*+1;2*-1/t7-,8+,9+,10+,11+,12-,14-,16-,35?;;;;/m0..../s1. The summed E-state index contributed by atoms with van der Waals surface area (Å²) in [7, 11) is -11.4. The molecule has 2 saturated heterocycles. The molecule has 0 bridgehead atoms. The van der Waals surface area contributed by atoms with E-state index in [0.717, 1.165) is 10.8 Å². The quantitative estimate of drug-likeness (QED) is 0.0973. The van der Waals surface area contributed by atoms with Crippen LogP contribution >= 0.6 is 15.4 Å². The second-order valence-corrected chi connectivity index (χ2v) is 11.9. The van der Waals surface area contributed by atoms with Crippen molar-refractivity contribution in [3.63, 3.8) is 0 Å². The molecule has 9 N–H and O–H groups in total. The minimum absolute atomic E-state index is 0. The average Bonchev–Trinajstić information content (AvgIpc) is 3.15. The zero-order valence-electron chi connectivity index (χ0n) is 22.4. The number of aromatic nitrogens is 2. The first-order valence-electron chi connectivity index (χ1n) is 10.2. The molecule has 0 saturated carbocycles. The third-order valence-electron chi connectivity index (χ3n) is 5.73. The monoisotopic (exact) mass is 612 g/mol. The SMILES string of the molecule is Cc1cn([C@H]2C[C@H](O)[C@@H](COP(=O)(OP(=O)(O)O)[C@]3(CO)O[C@H](O)[C@H](O)[C@@H](O)[C@@H]3O)O2)c(=O)[nH]c1=O.[H-].[H-].[Na+].[Na+]. The van der Waals surface area contributed by atoms with Crippen LogP contribution in [-0.2, 0) is 27.4 Å². The summed E-state index contributed by atoms with van der Waals surface area (Å²) >= 11 is 0. The van der Waals surface area contributed by atoms with Crippen LogP contribution in [0.1, 0.15) is 21.1 Å². The molecule has 0 amide bonds. The number of nitrogens with one attached hydrogen (secondary N) is 1. The Morgan fingerprint density at radius 1 is 1.16 bits per heavy atom. The van der Waals surface area contributed by atoms with Crippen molar-refractivity contribution in [2.45, 2.75) is 61.7 Å². The molecule has 210 valence electrons. The van der Waals surface area contributed by atoms with Gasteiger partial charge in [-0.05, 0) is 6.92 Å². The molecular formula is C16H28N2Na2O16P2. The molecule has 38 heavy (non-hydrogen) atoms. The Hall–Kier alpha value is 0.660. The number of phosphoric acid groups is 1. The zero-order chi connectivity index (χ0) is 27.2. The fourth-order valence-corrected chi connectivity index (χ4v) is 7.07. The molecule has 0 spiro atoms. The predicted molar refractivity (Wildman–Crippen MR) is 114 cm³/mol. The largest absolute Gasteiger partial charge is 1.00 e. The minimum atomic E-state index is -5.74. The molecule has 2 aliphatic heterocycles. The number of ether oxygens (including phenoxy) is 2. The second-order valence-electron chi connectivity index (χ2n) is 8.21. The maximum atomic E-state index is 13.6. The molecule has 3 rings (SSSR count). The van der Waals surface area contributed by atoms with Crippen LogP contribution in [0.3, 0.4) is 0 Å². The molecule has 0 aliphatic carbocycles. The van der Waals surface area contributed by atoms with Crippen LogP contribution in [0.25, 0.3) is 0 Å². The summed E-state index contributed by atoms with van der Waals surface area (Å²) in [6.45, 7) is -1.20. The van der Waals surface area contributed by atoms with Crippen molar-refractivity contribution in [1.82, 2.24) is 9.55 Å². The first-order chi connectivity index (χ1) is 16.5. The van der Waals surface area contributed by atoms with Gasteiger partial charge in [-0.3, -0.25) is 18.9 Å². The molecular weight excluding hydrogens is 584 g/mol. The predicted octanol–water partition coefficient (Wildman–Crippen LogP) is -9.83. The van der Waals surface area contributed by atoms with E-state index in [1.165, 1.54) is 6.92 Å². The summed E-state index contributed by atoms with van der Waals surface area (Å²) in [5.41, 5.74) is -1.39.